The fraction of sp³-hybridized carbons (Fsp3) is 0. The van der Waals surface area contributed by atoms with Crippen LogP contribution in [0.4, 0.5) is 0 Å². The number of carbonyl (C=O) groups excluding carboxylic acids is 1. The predicted molar refractivity (Wildman–Crippen MR) is 60.7 cm³/mol. The van der Waals surface area contributed by atoms with Gasteiger partial charge in [0.15, 0.2) is 6.29 Å². The van der Waals surface area contributed by atoms with Crippen molar-refractivity contribution in [1.29, 1.82) is 0 Å². The summed E-state index contributed by atoms with van der Waals surface area (Å²) in [4.78, 5) is 12.6. The summed E-state index contributed by atoms with van der Waals surface area (Å²) in [5.74, 6) is 0. The molecule has 2 heterocycles. The van der Waals surface area contributed by atoms with Crippen molar-refractivity contribution >= 4 is 44.9 Å². The van der Waals surface area contributed by atoms with Crippen LogP contribution in [0.25, 0.3) is 10.4 Å². The maximum atomic E-state index is 10.7. The first-order valence-corrected chi connectivity index (χ1v) is 6.08. The van der Waals surface area contributed by atoms with Crippen molar-refractivity contribution in [2.24, 2.45) is 0 Å². The highest BCUT2D eigenvalue weighted by molar-refractivity contribution is 9.11. The molecule has 0 unspecified atom stereocenters. The lowest BCUT2D eigenvalue weighted by Crippen LogP contribution is -1.74. The second-order valence-electron chi connectivity index (χ2n) is 2.42. The average Bonchev–Trinajstić information content (AvgIpc) is 2.71. The third kappa shape index (κ3) is 1.75. The summed E-state index contributed by atoms with van der Waals surface area (Å²) < 4.78 is 1.09. The molecule has 0 bridgehead atoms. The minimum Gasteiger partial charge on any atom is -0.297 e. The zero-order valence-corrected chi connectivity index (χ0v) is 9.71. The van der Waals surface area contributed by atoms with Crippen LogP contribution in [0.2, 0.25) is 0 Å². The molecule has 4 heteroatoms. The summed E-state index contributed by atoms with van der Waals surface area (Å²) in [5, 5.41) is 1.94. The van der Waals surface area contributed by atoms with E-state index in [-0.39, 0.29) is 0 Å². The van der Waals surface area contributed by atoms with E-state index >= 15 is 0 Å². The summed E-state index contributed by atoms with van der Waals surface area (Å²) in [6, 6.07) is 5.99. The Morgan fingerprint density at radius 3 is 2.77 bits per heavy atom. The SMILES string of the molecule is O=Cc1sccc1-c1ccc(Br)s1. The van der Waals surface area contributed by atoms with Crippen LogP contribution in [0.3, 0.4) is 0 Å². The highest BCUT2D eigenvalue weighted by Gasteiger charge is 2.07. The molecule has 0 saturated heterocycles. The van der Waals surface area contributed by atoms with Crippen LogP contribution >= 0.6 is 38.6 Å². The summed E-state index contributed by atoms with van der Waals surface area (Å²) in [7, 11) is 0. The molecule has 0 amide bonds. The van der Waals surface area contributed by atoms with E-state index in [0.29, 0.717) is 0 Å². The first-order valence-electron chi connectivity index (χ1n) is 3.59. The van der Waals surface area contributed by atoms with Crippen molar-refractivity contribution < 1.29 is 4.79 Å². The van der Waals surface area contributed by atoms with Crippen molar-refractivity contribution in [3.8, 4) is 10.4 Å². The predicted octanol–water partition coefficient (Wildman–Crippen LogP) is 4.05. The molecule has 13 heavy (non-hydrogen) atoms. The molecule has 1 nitrogen and oxygen atoms in total. The largest absolute Gasteiger partial charge is 0.297 e. The monoisotopic (exact) mass is 272 g/mol. The minimum atomic E-state index is 0.800. The van der Waals surface area contributed by atoms with Gasteiger partial charge in [0.1, 0.15) is 0 Å². The van der Waals surface area contributed by atoms with Gasteiger partial charge in [-0.25, -0.2) is 0 Å². The Morgan fingerprint density at radius 2 is 2.15 bits per heavy atom. The van der Waals surface area contributed by atoms with Crippen molar-refractivity contribution in [2.75, 3.05) is 0 Å². The average molecular weight is 273 g/mol. The maximum Gasteiger partial charge on any atom is 0.160 e. The molecule has 66 valence electrons. The molecule has 0 spiro atoms. The van der Waals surface area contributed by atoms with Crippen LogP contribution < -0.4 is 0 Å². The Labute approximate surface area is 92.2 Å². The van der Waals surface area contributed by atoms with Gasteiger partial charge < -0.3 is 0 Å². The van der Waals surface area contributed by atoms with Crippen molar-refractivity contribution in [3.63, 3.8) is 0 Å². The molecule has 2 aromatic heterocycles. The second-order valence-corrected chi connectivity index (χ2v) is 5.83. The van der Waals surface area contributed by atoms with Gasteiger partial charge in [-0.2, -0.15) is 0 Å². The molecule has 2 aromatic rings. The fourth-order valence-electron chi connectivity index (χ4n) is 1.07. The topological polar surface area (TPSA) is 17.1 Å². The quantitative estimate of drug-likeness (QED) is 0.754. The summed E-state index contributed by atoms with van der Waals surface area (Å²) in [6.45, 7) is 0. The number of aldehydes is 1. The number of thiophene rings is 2. The lowest BCUT2D eigenvalue weighted by molar-refractivity contribution is 0.112. The van der Waals surface area contributed by atoms with Gasteiger partial charge >= 0.3 is 0 Å². The first-order chi connectivity index (χ1) is 6.31. The maximum absolute atomic E-state index is 10.7. The third-order valence-corrected chi connectivity index (χ3v) is 4.14. The third-order valence-electron chi connectivity index (χ3n) is 1.64. The minimum absolute atomic E-state index is 0.800. The number of rotatable bonds is 2. The lowest BCUT2D eigenvalue weighted by atomic mass is 10.2. The van der Waals surface area contributed by atoms with Crippen LogP contribution in [-0.2, 0) is 0 Å². The van der Waals surface area contributed by atoms with Gasteiger partial charge in [0.05, 0.1) is 8.66 Å². The van der Waals surface area contributed by atoms with Gasteiger partial charge in [0.2, 0.25) is 0 Å². The van der Waals surface area contributed by atoms with Gasteiger partial charge in [-0.1, -0.05) is 0 Å². The zero-order valence-electron chi connectivity index (χ0n) is 6.49. The van der Waals surface area contributed by atoms with Crippen molar-refractivity contribution in [3.05, 3.63) is 32.2 Å². The molecule has 0 saturated carbocycles. The lowest BCUT2D eigenvalue weighted by Gasteiger charge is -1.91. The fourth-order valence-corrected chi connectivity index (χ4v) is 3.28. The summed E-state index contributed by atoms with van der Waals surface area (Å²) >= 11 is 6.51. The Morgan fingerprint density at radius 1 is 1.31 bits per heavy atom. The summed E-state index contributed by atoms with van der Waals surface area (Å²) in [5.41, 5.74) is 1.04. The number of carbonyl (C=O) groups is 1. The van der Waals surface area contributed by atoms with Gasteiger partial charge in [-0.05, 0) is 39.5 Å². The molecular formula is C9H5BrOS2. The van der Waals surface area contributed by atoms with Crippen LogP contribution in [0.15, 0.2) is 27.4 Å². The molecule has 0 aliphatic carbocycles. The van der Waals surface area contributed by atoms with E-state index in [9.17, 15) is 4.79 Å². The molecule has 0 radical (unpaired) electrons. The number of hydrogen-bond acceptors (Lipinski definition) is 3. The van der Waals surface area contributed by atoms with Gasteiger partial charge in [0.25, 0.3) is 0 Å². The molecule has 0 atom stereocenters. The van der Waals surface area contributed by atoms with Crippen molar-refractivity contribution in [2.45, 2.75) is 0 Å². The standard InChI is InChI=1S/C9H5BrOS2/c10-9-2-1-7(13-9)6-3-4-12-8(6)5-11/h1-5H. The first kappa shape index (κ1) is 9.12. The van der Waals surface area contributed by atoms with Crippen LogP contribution in [0.1, 0.15) is 9.67 Å². The van der Waals surface area contributed by atoms with Crippen LogP contribution in [-0.4, -0.2) is 6.29 Å². The smallest absolute Gasteiger partial charge is 0.160 e. The highest BCUT2D eigenvalue weighted by Crippen LogP contribution is 2.34. The molecule has 0 fully saturated rings. The molecule has 0 aliphatic rings. The van der Waals surface area contributed by atoms with Gasteiger partial charge in [-0.3, -0.25) is 4.79 Å². The second kappa shape index (κ2) is 3.74. The highest BCUT2D eigenvalue weighted by atomic mass is 79.9. The molecule has 0 N–H and O–H groups in total. The molecule has 0 aromatic carbocycles. The van der Waals surface area contributed by atoms with E-state index in [4.69, 9.17) is 0 Å². The van der Waals surface area contributed by atoms with Crippen LogP contribution in [0, 0.1) is 0 Å². The Hall–Kier alpha value is -0.450. The Bertz CT molecular complexity index is 430. The van der Waals surface area contributed by atoms with E-state index < -0.39 is 0 Å². The molecular weight excluding hydrogens is 268 g/mol. The van der Waals surface area contributed by atoms with E-state index in [1.54, 1.807) is 11.3 Å². The zero-order chi connectivity index (χ0) is 9.26. The van der Waals surface area contributed by atoms with Crippen LogP contribution in [0.5, 0.6) is 0 Å². The van der Waals surface area contributed by atoms with Crippen molar-refractivity contribution in [1.82, 2.24) is 0 Å². The molecule has 2 rings (SSSR count). The van der Waals surface area contributed by atoms with E-state index in [2.05, 4.69) is 15.9 Å². The Balaban J connectivity index is 2.51. The van der Waals surface area contributed by atoms with E-state index in [1.165, 1.54) is 11.3 Å². The number of halogens is 1. The molecule has 0 aliphatic heterocycles. The van der Waals surface area contributed by atoms with Gasteiger partial charge in [0, 0.05) is 10.4 Å². The number of hydrogen-bond donors (Lipinski definition) is 0. The normalized spacial score (nSPS) is 10.2. The van der Waals surface area contributed by atoms with E-state index in [0.717, 1.165) is 25.4 Å². The Kier molecular flexibility index (Phi) is 2.62. The van der Waals surface area contributed by atoms with Gasteiger partial charge in [-0.15, -0.1) is 22.7 Å². The summed E-state index contributed by atoms with van der Waals surface area (Å²) in [6.07, 6.45) is 0.910. The van der Waals surface area contributed by atoms with E-state index in [1.807, 2.05) is 23.6 Å².